The quantitative estimate of drug-likeness (QED) is 0.387. The van der Waals surface area contributed by atoms with Crippen LogP contribution in [0.1, 0.15) is 32.6 Å². The molecule has 98 valence electrons. The molecule has 0 rings (SSSR count). The molecule has 0 unspecified atom stereocenters. The molecule has 0 heterocycles. The predicted octanol–water partition coefficient (Wildman–Crippen LogP) is 2.85. The molecule has 0 aliphatic rings. The van der Waals surface area contributed by atoms with Gasteiger partial charge < -0.3 is 5.73 Å². The third-order valence-corrected chi connectivity index (χ3v) is 2.24. The molecule has 0 amide bonds. The van der Waals surface area contributed by atoms with Crippen LogP contribution >= 0.6 is 0 Å². The smallest absolute Gasteiger partial charge is 0.145 e. The molecule has 0 aromatic carbocycles. The van der Waals surface area contributed by atoms with Gasteiger partial charge in [0.15, 0.2) is 0 Å². The van der Waals surface area contributed by atoms with Gasteiger partial charge in [-0.15, -0.1) is 6.58 Å². The van der Waals surface area contributed by atoms with Crippen LogP contribution in [0.5, 0.6) is 0 Å². The minimum absolute atomic E-state index is 0.147. The van der Waals surface area contributed by atoms with Crippen LogP contribution in [0.25, 0.3) is 0 Å². The highest BCUT2D eigenvalue weighted by Crippen LogP contribution is 2.01. The van der Waals surface area contributed by atoms with Crippen molar-refractivity contribution >= 4 is 12.1 Å². The maximum Gasteiger partial charge on any atom is 0.145 e. The van der Waals surface area contributed by atoms with Crippen LogP contribution in [0.3, 0.4) is 0 Å². The Bertz CT molecular complexity index is 376. The van der Waals surface area contributed by atoms with E-state index < -0.39 is 0 Å². The summed E-state index contributed by atoms with van der Waals surface area (Å²) in [5.74, 6) is 0.147. The molecular formula is C15H21NO2. The van der Waals surface area contributed by atoms with E-state index in [9.17, 15) is 9.59 Å². The molecule has 0 spiro atoms. The highest BCUT2D eigenvalue weighted by molar-refractivity contribution is 5.81. The van der Waals surface area contributed by atoms with Gasteiger partial charge in [0.1, 0.15) is 12.1 Å². The fourth-order valence-electron chi connectivity index (χ4n) is 1.21. The lowest BCUT2D eigenvalue weighted by Gasteiger charge is -1.95. The second-order valence-electron chi connectivity index (χ2n) is 3.99. The summed E-state index contributed by atoms with van der Waals surface area (Å²) in [4.78, 5) is 21.5. The average Bonchev–Trinajstić information content (AvgIpc) is 2.34. The third-order valence-electron chi connectivity index (χ3n) is 2.24. The number of hydrogen-bond acceptors (Lipinski definition) is 3. The first-order valence-corrected chi connectivity index (χ1v) is 5.94. The van der Waals surface area contributed by atoms with E-state index in [0.717, 1.165) is 12.0 Å². The SMILES string of the molecule is C=CCC(=O)CC=CCC(N)=CCC=C(C)C=O. The number of nitrogens with two attached hydrogens (primary N) is 1. The highest BCUT2D eigenvalue weighted by atomic mass is 16.1. The van der Waals surface area contributed by atoms with Gasteiger partial charge in [-0.3, -0.25) is 9.59 Å². The summed E-state index contributed by atoms with van der Waals surface area (Å²) in [5.41, 5.74) is 7.20. The fourth-order valence-corrected chi connectivity index (χ4v) is 1.21. The first kappa shape index (κ1) is 16.1. The van der Waals surface area contributed by atoms with Crippen molar-refractivity contribution in [1.82, 2.24) is 0 Å². The van der Waals surface area contributed by atoms with Crippen molar-refractivity contribution in [2.24, 2.45) is 5.73 Å². The number of hydrogen-bond donors (Lipinski definition) is 1. The Balaban J connectivity index is 3.94. The molecule has 0 fully saturated rings. The minimum Gasteiger partial charge on any atom is -0.402 e. The lowest BCUT2D eigenvalue weighted by molar-refractivity contribution is -0.117. The Morgan fingerprint density at radius 2 is 1.83 bits per heavy atom. The number of rotatable bonds is 9. The Morgan fingerprint density at radius 1 is 1.17 bits per heavy atom. The van der Waals surface area contributed by atoms with Gasteiger partial charge in [0.25, 0.3) is 0 Å². The van der Waals surface area contributed by atoms with Crippen LogP contribution < -0.4 is 5.73 Å². The van der Waals surface area contributed by atoms with Crippen molar-refractivity contribution in [1.29, 1.82) is 0 Å². The Hall–Kier alpha value is -1.90. The molecule has 0 bridgehead atoms. The summed E-state index contributed by atoms with van der Waals surface area (Å²) >= 11 is 0. The molecule has 3 heteroatoms. The van der Waals surface area contributed by atoms with Gasteiger partial charge in [-0.2, -0.15) is 0 Å². The Morgan fingerprint density at radius 3 is 2.44 bits per heavy atom. The van der Waals surface area contributed by atoms with Gasteiger partial charge >= 0.3 is 0 Å². The van der Waals surface area contributed by atoms with Crippen LogP contribution in [0, 0.1) is 0 Å². The second kappa shape index (κ2) is 10.3. The minimum atomic E-state index is 0.147. The summed E-state index contributed by atoms with van der Waals surface area (Å²) in [6.07, 6.45) is 11.9. The van der Waals surface area contributed by atoms with E-state index in [4.69, 9.17) is 5.73 Å². The van der Waals surface area contributed by atoms with Gasteiger partial charge in [-0.25, -0.2) is 0 Å². The summed E-state index contributed by atoms with van der Waals surface area (Å²) < 4.78 is 0. The molecule has 0 radical (unpaired) electrons. The number of aldehydes is 1. The molecule has 0 aromatic rings. The number of carbonyl (C=O) groups excluding carboxylic acids is 2. The molecule has 3 nitrogen and oxygen atoms in total. The van der Waals surface area contributed by atoms with E-state index in [1.807, 2.05) is 24.3 Å². The van der Waals surface area contributed by atoms with Crippen molar-refractivity contribution in [3.63, 3.8) is 0 Å². The molecule has 0 atom stereocenters. The standard InChI is InChI=1S/C15H21NO2/c1-3-7-15(18)11-5-4-9-14(16)10-6-8-13(2)12-17/h3-5,8,10,12H,1,6-7,9,11,16H2,2H3. The zero-order valence-electron chi connectivity index (χ0n) is 10.9. The number of Topliss-reactive ketones (excluding diaryl/α,β-unsaturated/α-hetero) is 1. The summed E-state index contributed by atoms with van der Waals surface area (Å²) in [6.45, 7) is 5.26. The maximum absolute atomic E-state index is 11.2. The Kier molecular flexibility index (Phi) is 9.18. The fraction of sp³-hybridized carbons (Fsp3) is 0.333. The van der Waals surface area contributed by atoms with E-state index in [1.54, 1.807) is 13.0 Å². The molecule has 0 aliphatic heterocycles. The summed E-state index contributed by atoms with van der Waals surface area (Å²) in [7, 11) is 0. The van der Waals surface area contributed by atoms with Crippen molar-refractivity contribution < 1.29 is 9.59 Å². The van der Waals surface area contributed by atoms with Crippen LogP contribution in [-0.4, -0.2) is 12.1 Å². The van der Waals surface area contributed by atoms with Crippen LogP contribution in [0.4, 0.5) is 0 Å². The second-order valence-corrected chi connectivity index (χ2v) is 3.99. The van der Waals surface area contributed by atoms with E-state index in [-0.39, 0.29) is 5.78 Å². The van der Waals surface area contributed by atoms with Crippen LogP contribution in [0.15, 0.2) is 48.2 Å². The molecule has 0 saturated carbocycles. The van der Waals surface area contributed by atoms with Crippen LogP contribution in [-0.2, 0) is 9.59 Å². The lowest BCUT2D eigenvalue weighted by Crippen LogP contribution is -1.96. The van der Waals surface area contributed by atoms with Gasteiger partial charge in [0.05, 0.1) is 0 Å². The molecule has 2 N–H and O–H groups in total. The topological polar surface area (TPSA) is 60.2 Å². The lowest BCUT2D eigenvalue weighted by atomic mass is 10.1. The molecule has 0 aliphatic carbocycles. The maximum atomic E-state index is 11.2. The van der Waals surface area contributed by atoms with Gasteiger partial charge in [0.2, 0.25) is 0 Å². The van der Waals surface area contributed by atoms with Gasteiger partial charge in [0, 0.05) is 25.0 Å². The van der Waals surface area contributed by atoms with Crippen molar-refractivity contribution in [2.45, 2.75) is 32.6 Å². The summed E-state index contributed by atoms with van der Waals surface area (Å²) in [6, 6.07) is 0. The monoisotopic (exact) mass is 247 g/mol. The zero-order valence-corrected chi connectivity index (χ0v) is 10.9. The number of allylic oxidation sites excluding steroid dienone is 6. The van der Waals surface area contributed by atoms with E-state index >= 15 is 0 Å². The van der Waals surface area contributed by atoms with Crippen molar-refractivity contribution in [3.05, 3.63) is 48.2 Å². The average molecular weight is 247 g/mol. The molecular weight excluding hydrogens is 226 g/mol. The Labute approximate surface area is 109 Å². The van der Waals surface area contributed by atoms with Crippen LogP contribution in [0.2, 0.25) is 0 Å². The van der Waals surface area contributed by atoms with Crippen molar-refractivity contribution in [3.8, 4) is 0 Å². The molecule has 18 heavy (non-hydrogen) atoms. The predicted molar refractivity (Wildman–Crippen MR) is 74.9 cm³/mol. The summed E-state index contributed by atoms with van der Waals surface area (Å²) in [5, 5.41) is 0. The van der Waals surface area contributed by atoms with Crippen molar-refractivity contribution in [2.75, 3.05) is 0 Å². The first-order valence-electron chi connectivity index (χ1n) is 5.94. The first-order chi connectivity index (χ1) is 8.60. The van der Waals surface area contributed by atoms with E-state index in [0.29, 0.717) is 31.3 Å². The number of ketones is 1. The van der Waals surface area contributed by atoms with Gasteiger partial charge in [-0.05, 0) is 18.9 Å². The van der Waals surface area contributed by atoms with E-state index in [1.165, 1.54) is 0 Å². The largest absolute Gasteiger partial charge is 0.402 e. The van der Waals surface area contributed by atoms with Gasteiger partial charge in [-0.1, -0.05) is 30.4 Å². The zero-order chi connectivity index (χ0) is 13.8. The normalized spacial score (nSPS) is 12.7. The molecule has 0 aromatic heterocycles. The third kappa shape index (κ3) is 9.33. The van der Waals surface area contributed by atoms with E-state index in [2.05, 4.69) is 6.58 Å². The highest BCUT2D eigenvalue weighted by Gasteiger charge is 1.93. The number of carbonyl (C=O) groups is 2. The molecule has 0 saturated heterocycles.